The number of fused-ring (bicyclic) bond motifs is 1. The number of hydrogen-bond donors (Lipinski definition) is 3. The molecule has 2 heterocycles. The second-order valence-corrected chi connectivity index (χ2v) is 6.01. The van der Waals surface area contributed by atoms with Gasteiger partial charge >= 0.3 is 5.97 Å². The van der Waals surface area contributed by atoms with E-state index in [4.69, 9.17) is 10.9 Å². The SMILES string of the molecule is CC1(C)S[C@@H]2[C@H](NN)C(=O)N2[C@H]1C(=O)O. The van der Waals surface area contributed by atoms with E-state index in [1.807, 2.05) is 13.8 Å². The minimum absolute atomic E-state index is 0.154. The highest BCUT2D eigenvalue weighted by molar-refractivity contribution is 8.01. The third-order valence-corrected chi connectivity index (χ3v) is 4.43. The zero-order valence-electron chi connectivity index (χ0n) is 8.43. The first-order valence-corrected chi connectivity index (χ1v) is 5.47. The fourth-order valence-corrected chi connectivity index (χ4v) is 3.80. The van der Waals surface area contributed by atoms with E-state index in [1.54, 1.807) is 0 Å². The average molecular weight is 231 g/mol. The molecule has 0 aliphatic carbocycles. The largest absolute Gasteiger partial charge is 0.480 e. The lowest BCUT2D eigenvalue weighted by molar-refractivity contribution is -0.160. The summed E-state index contributed by atoms with van der Waals surface area (Å²) >= 11 is 1.47. The summed E-state index contributed by atoms with van der Waals surface area (Å²) in [6.07, 6.45) is 0. The molecule has 2 saturated heterocycles. The van der Waals surface area contributed by atoms with Crippen LogP contribution in [-0.4, -0.2) is 44.1 Å². The molecule has 0 spiro atoms. The van der Waals surface area contributed by atoms with Gasteiger partial charge in [-0.2, -0.15) is 0 Å². The number of carboxylic acid groups (broad SMARTS) is 1. The van der Waals surface area contributed by atoms with Crippen molar-refractivity contribution in [3.63, 3.8) is 0 Å². The lowest BCUT2D eigenvalue weighted by Crippen LogP contribution is -2.71. The Morgan fingerprint density at radius 2 is 2.27 bits per heavy atom. The van der Waals surface area contributed by atoms with Gasteiger partial charge in [0.25, 0.3) is 0 Å². The summed E-state index contributed by atoms with van der Waals surface area (Å²) in [5.41, 5.74) is 2.41. The Bertz CT molecular complexity index is 333. The Labute approximate surface area is 91.1 Å². The zero-order chi connectivity index (χ0) is 11.4. The Kier molecular flexibility index (Phi) is 2.21. The smallest absolute Gasteiger partial charge is 0.327 e. The maximum absolute atomic E-state index is 11.6. The second-order valence-electron chi connectivity index (χ2n) is 4.24. The number of nitrogens with one attached hydrogen (secondary N) is 1. The monoisotopic (exact) mass is 231 g/mol. The quantitative estimate of drug-likeness (QED) is 0.319. The van der Waals surface area contributed by atoms with Crippen molar-refractivity contribution in [2.45, 2.75) is 36.1 Å². The summed E-state index contributed by atoms with van der Waals surface area (Å²) in [6.45, 7) is 3.66. The maximum Gasteiger partial charge on any atom is 0.327 e. The standard InChI is InChI=1S/C8H13N3O3S/c1-8(2)4(7(13)14)11-5(12)3(10-9)6(11)15-8/h3-4,6,10H,9H2,1-2H3,(H,13,14)/t3-,4+,6-/m1/s1. The molecule has 84 valence electrons. The molecule has 15 heavy (non-hydrogen) atoms. The van der Waals surface area contributed by atoms with Gasteiger partial charge in [-0.15, -0.1) is 11.8 Å². The molecule has 1 amide bonds. The molecule has 0 bridgehead atoms. The number of hydrogen-bond acceptors (Lipinski definition) is 5. The van der Waals surface area contributed by atoms with Gasteiger partial charge in [-0.1, -0.05) is 0 Å². The van der Waals surface area contributed by atoms with Crippen LogP contribution in [0.15, 0.2) is 0 Å². The second kappa shape index (κ2) is 3.10. The number of carbonyl (C=O) groups excluding carboxylic acids is 1. The molecule has 4 N–H and O–H groups in total. The molecular weight excluding hydrogens is 218 g/mol. The Hall–Kier alpha value is -0.790. The van der Waals surface area contributed by atoms with Crippen LogP contribution in [0, 0.1) is 0 Å². The first-order chi connectivity index (χ1) is 6.90. The fraction of sp³-hybridized carbons (Fsp3) is 0.750. The van der Waals surface area contributed by atoms with Crippen molar-refractivity contribution in [2.75, 3.05) is 0 Å². The predicted molar refractivity (Wildman–Crippen MR) is 54.8 cm³/mol. The van der Waals surface area contributed by atoms with Crippen molar-refractivity contribution in [1.29, 1.82) is 0 Å². The van der Waals surface area contributed by atoms with Gasteiger partial charge in [0.1, 0.15) is 17.5 Å². The van der Waals surface area contributed by atoms with E-state index >= 15 is 0 Å². The van der Waals surface area contributed by atoms with Crippen molar-refractivity contribution in [2.24, 2.45) is 5.84 Å². The number of nitrogens with zero attached hydrogens (tertiary/aromatic N) is 1. The maximum atomic E-state index is 11.6. The Morgan fingerprint density at radius 1 is 1.67 bits per heavy atom. The number of hydrazine groups is 1. The summed E-state index contributed by atoms with van der Waals surface area (Å²) in [6, 6.07) is -1.21. The van der Waals surface area contributed by atoms with Crippen molar-refractivity contribution in [3.05, 3.63) is 0 Å². The van der Waals surface area contributed by atoms with Crippen LogP contribution in [0.1, 0.15) is 13.8 Å². The highest BCUT2D eigenvalue weighted by Crippen LogP contribution is 2.50. The summed E-state index contributed by atoms with van der Waals surface area (Å²) in [7, 11) is 0. The molecule has 7 heteroatoms. The lowest BCUT2D eigenvalue weighted by Gasteiger charge is -2.42. The Balaban J connectivity index is 2.28. The molecule has 0 radical (unpaired) electrons. The molecule has 6 nitrogen and oxygen atoms in total. The predicted octanol–water partition coefficient (Wildman–Crippen LogP) is -1.03. The molecule has 0 unspecified atom stereocenters. The van der Waals surface area contributed by atoms with E-state index in [-0.39, 0.29) is 11.3 Å². The van der Waals surface area contributed by atoms with Crippen LogP contribution >= 0.6 is 11.8 Å². The summed E-state index contributed by atoms with van der Waals surface area (Å²) < 4.78 is -0.474. The van der Waals surface area contributed by atoms with Crippen LogP contribution in [0.2, 0.25) is 0 Å². The first-order valence-electron chi connectivity index (χ1n) is 4.59. The average Bonchev–Trinajstić information content (AvgIpc) is 2.35. The van der Waals surface area contributed by atoms with Crippen LogP contribution in [0.3, 0.4) is 0 Å². The van der Waals surface area contributed by atoms with Crippen molar-refractivity contribution in [3.8, 4) is 0 Å². The van der Waals surface area contributed by atoms with Gasteiger partial charge in [-0.3, -0.25) is 10.6 Å². The highest BCUT2D eigenvalue weighted by atomic mass is 32.2. The molecule has 0 aromatic carbocycles. The minimum atomic E-state index is -0.959. The number of β-lactam (4-membered cyclic amide) rings is 1. The van der Waals surface area contributed by atoms with Crippen LogP contribution in [-0.2, 0) is 9.59 Å². The van der Waals surface area contributed by atoms with Gasteiger partial charge in [0.2, 0.25) is 5.91 Å². The molecule has 0 saturated carbocycles. The van der Waals surface area contributed by atoms with Crippen LogP contribution < -0.4 is 11.3 Å². The van der Waals surface area contributed by atoms with E-state index in [9.17, 15) is 9.59 Å². The van der Waals surface area contributed by atoms with Crippen LogP contribution in [0.25, 0.3) is 0 Å². The van der Waals surface area contributed by atoms with Gasteiger partial charge in [0, 0.05) is 4.75 Å². The molecule has 2 rings (SSSR count). The number of thioether (sulfide) groups is 1. The molecule has 0 aromatic rings. The molecule has 2 aliphatic rings. The fourth-order valence-electron chi connectivity index (χ4n) is 2.17. The van der Waals surface area contributed by atoms with E-state index in [0.717, 1.165) is 0 Å². The van der Waals surface area contributed by atoms with Gasteiger partial charge in [0.15, 0.2) is 0 Å². The first kappa shape index (κ1) is 10.7. The number of rotatable bonds is 2. The molecular formula is C8H13N3O3S. The van der Waals surface area contributed by atoms with E-state index in [0.29, 0.717) is 0 Å². The topological polar surface area (TPSA) is 95.7 Å². The van der Waals surface area contributed by atoms with Gasteiger partial charge in [-0.05, 0) is 13.8 Å². The molecule has 3 atom stereocenters. The summed E-state index contributed by atoms with van der Waals surface area (Å²) in [5, 5.41) is 8.93. The number of aliphatic carboxylic acids is 1. The van der Waals surface area contributed by atoms with Crippen molar-refractivity contribution < 1.29 is 14.7 Å². The van der Waals surface area contributed by atoms with E-state index in [1.165, 1.54) is 16.7 Å². The lowest BCUT2D eigenvalue weighted by atomic mass is 9.96. The number of nitrogens with two attached hydrogens (primary N) is 1. The number of carbonyl (C=O) groups is 2. The number of amides is 1. The summed E-state index contributed by atoms with van der Waals surface area (Å²) in [5.74, 6) is 4.04. The molecule has 2 fully saturated rings. The highest BCUT2D eigenvalue weighted by Gasteiger charge is 2.63. The molecule has 2 aliphatic heterocycles. The van der Waals surface area contributed by atoms with Crippen molar-refractivity contribution in [1.82, 2.24) is 10.3 Å². The normalized spacial score (nSPS) is 37.4. The third-order valence-electron chi connectivity index (χ3n) is 2.85. The number of carboxylic acids is 1. The minimum Gasteiger partial charge on any atom is -0.480 e. The van der Waals surface area contributed by atoms with E-state index in [2.05, 4.69) is 5.43 Å². The van der Waals surface area contributed by atoms with Crippen molar-refractivity contribution >= 4 is 23.6 Å². The summed E-state index contributed by atoms with van der Waals surface area (Å²) in [4.78, 5) is 24.1. The molecule has 0 aromatic heterocycles. The Morgan fingerprint density at radius 3 is 2.73 bits per heavy atom. The zero-order valence-corrected chi connectivity index (χ0v) is 9.25. The van der Waals surface area contributed by atoms with Gasteiger partial charge in [-0.25, -0.2) is 10.2 Å². The van der Waals surface area contributed by atoms with Gasteiger partial charge < -0.3 is 10.0 Å². The third kappa shape index (κ3) is 1.27. The van der Waals surface area contributed by atoms with E-state index < -0.39 is 22.8 Å². The van der Waals surface area contributed by atoms with Crippen LogP contribution in [0.4, 0.5) is 0 Å². The van der Waals surface area contributed by atoms with Crippen LogP contribution in [0.5, 0.6) is 0 Å². The van der Waals surface area contributed by atoms with Gasteiger partial charge in [0.05, 0.1) is 0 Å².